The molecular weight excluding hydrogens is 242 g/mol. The van der Waals surface area contributed by atoms with E-state index in [0.29, 0.717) is 0 Å². The minimum Gasteiger partial charge on any atom is -0.381 e. The number of ether oxygens (including phenoxy) is 2. The normalized spacial score (nSPS) is 29.6. The van der Waals surface area contributed by atoms with Crippen molar-refractivity contribution in [3.05, 3.63) is 12.7 Å². The van der Waals surface area contributed by atoms with Crippen LogP contribution in [0.2, 0.25) is 0 Å². The van der Waals surface area contributed by atoms with Crippen LogP contribution in [-0.4, -0.2) is 36.9 Å². The van der Waals surface area contributed by atoms with Gasteiger partial charge in [0.1, 0.15) is 0 Å². The minimum absolute atomic E-state index is 0.0458. The van der Waals surface area contributed by atoms with E-state index >= 15 is 0 Å². The summed E-state index contributed by atoms with van der Waals surface area (Å²) >= 11 is 0. The molecule has 0 bridgehead atoms. The molecule has 1 amide bonds. The molecule has 2 fully saturated rings. The van der Waals surface area contributed by atoms with Crippen LogP contribution in [-0.2, 0) is 14.3 Å². The number of amides is 1. The van der Waals surface area contributed by atoms with Gasteiger partial charge in [-0.25, -0.2) is 0 Å². The highest BCUT2D eigenvalue weighted by molar-refractivity contribution is 5.87. The first-order chi connectivity index (χ1) is 8.87. The molecule has 2 atom stereocenters. The highest BCUT2D eigenvalue weighted by atomic mass is 16.5. The van der Waals surface area contributed by atoms with E-state index in [2.05, 4.69) is 32.7 Å². The summed E-state index contributed by atoms with van der Waals surface area (Å²) in [6.07, 6.45) is 4.35. The third-order valence-corrected chi connectivity index (χ3v) is 4.21. The summed E-state index contributed by atoms with van der Waals surface area (Å²) in [5.41, 5.74) is -0.104. The van der Waals surface area contributed by atoms with E-state index in [1.807, 2.05) is 0 Å². The number of hydrogen-bond acceptors (Lipinski definition) is 3. The molecule has 2 aliphatic rings. The van der Waals surface area contributed by atoms with Crippen LogP contribution in [0, 0.1) is 5.41 Å². The Balaban J connectivity index is 2.07. The fraction of sp³-hybridized carbons (Fsp3) is 0.800. The zero-order valence-corrected chi connectivity index (χ0v) is 12.2. The van der Waals surface area contributed by atoms with Crippen molar-refractivity contribution in [3.63, 3.8) is 0 Å². The number of rotatable bonds is 3. The molecule has 1 N–H and O–H groups in total. The van der Waals surface area contributed by atoms with Gasteiger partial charge in [0.15, 0.2) is 0 Å². The van der Waals surface area contributed by atoms with E-state index in [-0.39, 0.29) is 29.1 Å². The van der Waals surface area contributed by atoms with Crippen molar-refractivity contribution in [2.45, 2.75) is 57.8 Å². The van der Waals surface area contributed by atoms with Crippen LogP contribution in [0.4, 0.5) is 0 Å². The molecule has 1 saturated carbocycles. The topological polar surface area (TPSA) is 47.6 Å². The average Bonchev–Trinajstić information content (AvgIpc) is 2.37. The Morgan fingerprint density at radius 2 is 2.05 bits per heavy atom. The first-order valence-corrected chi connectivity index (χ1v) is 7.06. The van der Waals surface area contributed by atoms with Crippen molar-refractivity contribution < 1.29 is 14.3 Å². The Labute approximate surface area is 115 Å². The maximum Gasteiger partial charge on any atom is 0.243 e. The third kappa shape index (κ3) is 3.00. The minimum atomic E-state index is -0.149. The molecule has 1 aliphatic heterocycles. The largest absolute Gasteiger partial charge is 0.381 e. The van der Waals surface area contributed by atoms with E-state index < -0.39 is 0 Å². The van der Waals surface area contributed by atoms with Crippen molar-refractivity contribution in [2.24, 2.45) is 5.41 Å². The summed E-state index contributed by atoms with van der Waals surface area (Å²) in [6, 6.07) is 0.189. The maximum absolute atomic E-state index is 11.5. The number of hydrogen-bond donors (Lipinski definition) is 1. The van der Waals surface area contributed by atoms with Gasteiger partial charge in [-0.15, -0.1) is 0 Å². The van der Waals surface area contributed by atoms with Gasteiger partial charge in [-0.1, -0.05) is 6.58 Å². The van der Waals surface area contributed by atoms with Crippen molar-refractivity contribution >= 4 is 5.91 Å². The zero-order valence-electron chi connectivity index (χ0n) is 12.2. The van der Waals surface area contributed by atoms with E-state index in [0.717, 1.165) is 32.5 Å². The second-order valence-electron chi connectivity index (χ2n) is 6.57. The monoisotopic (exact) mass is 267 g/mol. The van der Waals surface area contributed by atoms with Gasteiger partial charge in [0, 0.05) is 24.7 Å². The number of carbonyl (C=O) groups is 1. The van der Waals surface area contributed by atoms with Gasteiger partial charge in [0.25, 0.3) is 0 Å². The van der Waals surface area contributed by atoms with Gasteiger partial charge in [-0.3, -0.25) is 4.79 Å². The molecule has 19 heavy (non-hydrogen) atoms. The molecule has 108 valence electrons. The molecule has 0 aromatic rings. The maximum atomic E-state index is 11.5. The zero-order chi connectivity index (χ0) is 14.1. The highest BCUT2D eigenvalue weighted by Gasteiger charge is 2.57. The fourth-order valence-corrected chi connectivity index (χ4v) is 3.19. The standard InChI is InChI=1S/C15H25NO3/c1-5-13(17)16-11-10-12(19-14(2,3)4)15(11)6-8-18-9-7-15/h5,11-12H,1,6-10H2,2-4H3,(H,16,17)/t11-,12-/m1/s1. The molecule has 2 rings (SSSR count). The molecule has 1 saturated heterocycles. The Kier molecular flexibility index (Phi) is 4.02. The van der Waals surface area contributed by atoms with Crippen LogP contribution in [0.1, 0.15) is 40.0 Å². The summed E-state index contributed by atoms with van der Waals surface area (Å²) in [7, 11) is 0. The molecule has 0 radical (unpaired) electrons. The molecule has 1 spiro atoms. The van der Waals surface area contributed by atoms with Crippen LogP contribution in [0.5, 0.6) is 0 Å². The SMILES string of the molecule is C=CC(=O)N[C@@H]1C[C@@H](OC(C)(C)C)C12CCOCC2. The summed E-state index contributed by atoms with van der Waals surface area (Å²) in [4.78, 5) is 11.5. The Morgan fingerprint density at radius 1 is 1.42 bits per heavy atom. The predicted octanol–water partition coefficient (Wildman–Crippen LogP) is 2.04. The predicted molar refractivity (Wildman–Crippen MR) is 73.9 cm³/mol. The number of carbonyl (C=O) groups excluding carboxylic acids is 1. The average molecular weight is 267 g/mol. The summed E-state index contributed by atoms with van der Waals surface area (Å²) in [5.74, 6) is -0.0925. The molecule has 4 nitrogen and oxygen atoms in total. The Morgan fingerprint density at radius 3 is 2.58 bits per heavy atom. The summed E-state index contributed by atoms with van der Waals surface area (Å²) in [5, 5.41) is 3.05. The lowest BCUT2D eigenvalue weighted by atomic mass is 9.57. The Bertz CT molecular complexity index is 353. The van der Waals surface area contributed by atoms with Crippen LogP contribution in [0.25, 0.3) is 0 Å². The van der Waals surface area contributed by atoms with Crippen LogP contribution < -0.4 is 5.32 Å². The van der Waals surface area contributed by atoms with Crippen molar-refractivity contribution in [3.8, 4) is 0 Å². The second kappa shape index (κ2) is 5.25. The molecule has 1 heterocycles. The first-order valence-electron chi connectivity index (χ1n) is 7.06. The van der Waals surface area contributed by atoms with E-state index in [9.17, 15) is 4.79 Å². The van der Waals surface area contributed by atoms with Crippen LogP contribution >= 0.6 is 0 Å². The van der Waals surface area contributed by atoms with Crippen LogP contribution in [0.3, 0.4) is 0 Å². The fourth-order valence-electron chi connectivity index (χ4n) is 3.19. The van der Waals surface area contributed by atoms with Gasteiger partial charge in [-0.05, 0) is 46.1 Å². The third-order valence-electron chi connectivity index (χ3n) is 4.21. The molecule has 0 aromatic carbocycles. The smallest absolute Gasteiger partial charge is 0.243 e. The summed E-state index contributed by atoms with van der Waals surface area (Å²) < 4.78 is 11.7. The lowest BCUT2D eigenvalue weighted by Crippen LogP contribution is -2.67. The van der Waals surface area contributed by atoms with Gasteiger partial charge in [0.2, 0.25) is 5.91 Å². The van der Waals surface area contributed by atoms with Gasteiger partial charge < -0.3 is 14.8 Å². The van der Waals surface area contributed by atoms with Gasteiger partial charge >= 0.3 is 0 Å². The quantitative estimate of drug-likeness (QED) is 0.796. The van der Waals surface area contributed by atoms with E-state index in [1.54, 1.807) is 0 Å². The molecule has 0 aromatic heterocycles. The second-order valence-corrected chi connectivity index (χ2v) is 6.57. The molecule has 1 aliphatic carbocycles. The number of nitrogens with one attached hydrogen (secondary N) is 1. The van der Waals surface area contributed by atoms with Crippen molar-refractivity contribution in [2.75, 3.05) is 13.2 Å². The molecular formula is C15H25NO3. The van der Waals surface area contributed by atoms with Gasteiger partial charge in [0.05, 0.1) is 11.7 Å². The highest BCUT2D eigenvalue weighted by Crippen LogP contribution is 2.51. The lowest BCUT2D eigenvalue weighted by molar-refractivity contribution is -0.211. The lowest BCUT2D eigenvalue weighted by Gasteiger charge is -2.58. The molecule has 0 unspecified atom stereocenters. The van der Waals surface area contributed by atoms with Crippen LogP contribution in [0.15, 0.2) is 12.7 Å². The van der Waals surface area contributed by atoms with E-state index in [4.69, 9.17) is 9.47 Å². The summed E-state index contributed by atoms with van der Waals surface area (Å²) in [6.45, 7) is 11.3. The van der Waals surface area contributed by atoms with E-state index in [1.165, 1.54) is 6.08 Å². The molecule has 4 heteroatoms. The Hall–Kier alpha value is -0.870. The van der Waals surface area contributed by atoms with Crippen molar-refractivity contribution in [1.29, 1.82) is 0 Å². The first kappa shape index (κ1) is 14.5. The van der Waals surface area contributed by atoms with Crippen molar-refractivity contribution in [1.82, 2.24) is 5.32 Å². The van der Waals surface area contributed by atoms with Gasteiger partial charge in [-0.2, -0.15) is 0 Å².